The molecule has 0 atom stereocenters. The molecule has 0 radical (unpaired) electrons. The Labute approximate surface area is 139 Å². The molecule has 0 aliphatic heterocycles. The number of phenols is 1. The van der Waals surface area contributed by atoms with Crippen LogP contribution in [0.1, 0.15) is 0 Å². The monoisotopic (exact) mass is 369 g/mol. The van der Waals surface area contributed by atoms with Gasteiger partial charge in [-0.3, -0.25) is 4.55 Å². The van der Waals surface area contributed by atoms with Gasteiger partial charge < -0.3 is 5.11 Å². The highest BCUT2D eigenvalue weighted by atomic mass is 35.5. The second-order valence-corrected chi connectivity index (χ2v) is 7.06. The molecule has 10 heteroatoms. The van der Waals surface area contributed by atoms with Crippen molar-refractivity contribution in [1.82, 2.24) is 4.37 Å². The summed E-state index contributed by atoms with van der Waals surface area (Å²) in [4.78, 5) is -0.241. The van der Waals surface area contributed by atoms with Crippen LogP contribution >= 0.6 is 23.1 Å². The predicted octanol–water partition coefficient (Wildman–Crippen LogP) is 4.32. The average molecular weight is 370 g/mol. The van der Waals surface area contributed by atoms with Crippen molar-refractivity contribution in [1.29, 1.82) is 0 Å². The number of benzene rings is 2. The average Bonchev–Trinajstić information content (AvgIpc) is 2.90. The van der Waals surface area contributed by atoms with Crippen molar-refractivity contribution in [2.24, 2.45) is 10.2 Å². The third-order valence-electron chi connectivity index (χ3n) is 2.91. The lowest BCUT2D eigenvalue weighted by Crippen LogP contribution is -1.96. The number of phenolic OH excluding ortho intramolecular Hbond substituents is 1. The normalized spacial score (nSPS) is 12.3. The smallest absolute Gasteiger partial charge is 0.294 e. The molecule has 0 fully saturated rings. The summed E-state index contributed by atoms with van der Waals surface area (Å²) in [7, 11) is -4.31. The number of halogens is 1. The zero-order chi connectivity index (χ0) is 16.6. The van der Waals surface area contributed by atoms with Gasteiger partial charge in [-0.2, -0.15) is 12.8 Å². The molecule has 0 bridgehead atoms. The van der Waals surface area contributed by atoms with Gasteiger partial charge >= 0.3 is 0 Å². The van der Waals surface area contributed by atoms with E-state index in [2.05, 4.69) is 14.6 Å². The maximum atomic E-state index is 11.2. The van der Waals surface area contributed by atoms with E-state index in [-0.39, 0.29) is 15.7 Å². The number of hydrogen-bond donors (Lipinski definition) is 2. The molecule has 118 valence electrons. The van der Waals surface area contributed by atoms with E-state index in [0.29, 0.717) is 21.6 Å². The molecule has 0 aliphatic rings. The van der Waals surface area contributed by atoms with Crippen molar-refractivity contribution in [3.8, 4) is 5.75 Å². The minimum atomic E-state index is -4.31. The highest BCUT2D eigenvalue weighted by Crippen LogP contribution is 2.34. The van der Waals surface area contributed by atoms with E-state index in [1.165, 1.54) is 36.4 Å². The van der Waals surface area contributed by atoms with Gasteiger partial charge in [0.25, 0.3) is 10.1 Å². The Balaban J connectivity index is 2.02. The van der Waals surface area contributed by atoms with E-state index in [1.807, 2.05) is 0 Å². The van der Waals surface area contributed by atoms with Crippen molar-refractivity contribution in [3.05, 3.63) is 41.4 Å². The minimum Gasteiger partial charge on any atom is -0.506 e. The van der Waals surface area contributed by atoms with Gasteiger partial charge in [-0.15, -0.1) is 10.2 Å². The summed E-state index contributed by atoms with van der Waals surface area (Å²) < 4.78 is 35.6. The Morgan fingerprint density at radius 2 is 1.91 bits per heavy atom. The maximum absolute atomic E-state index is 11.2. The molecule has 0 aliphatic carbocycles. The Bertz CT molecular complexity index is 1030. The van der Waals surface area contributed by atoms with Crippen LogP contribution in [0.15, 0.2) is 51.5 Å². The van der Waals surface area contributed by atoms with E-state index in [1.54, 1.807) is 0 Å². The van der Waals surface area contributed by atoms with Crippen LogP contribution in [0.2, 0.25) is 5.02 Å². The van der Waals surface area contributed by atoms with E-state index in [4.69, 9.17) is 16.2 Å². The summed E-state index contributed by atoms with van der Waals surface area (Å²) in [6, 6.07) is 8.37. The summed E-state index contributed by atoms with van der Waals surface area (Å²) in [5, 5.41) is 18.3. The lowest BCUT2D eigenvalue weighted by Gasteiger charge is -1.97. The summed E-state index contributed by atoms with van der Waals surface area (Å²) in [5.41, 5.74) is 0.959. The number of fused-ring (bicyclic) bond motifs is 1. The molecule has 23 heavy (non-hydrogen) atoms. The molecule has 3 aromatic rings. The Morgan fingerprint density at radius 3 is 2.61 bits per heavy atom. The molecule has 0 spiro atoms. The number of nitrogens with zero attached hydrogens (tertiary/aromatic N) is 3. The topological polar surface area (TPSA) is 112 Å². The molecule has 7 nitrogen and oxygen atoms in total. The highest BCUT2D eigenvalue weighted by Gasteiger charge is 2.13. The SMILES string of the molecule is O=S(=O)(O)c1ccc2nsc(N=Nc3ccc(O)c(Cl)c3)c2c1. The molecule has 0 saturated heterocycles. The third-order valence-corrected chi connectivity index (χ3v) is 4.83. The van der Waals surface area contributed by atoms with E-state index >= 15 is 0 Å². The second kappa shape index (κ2) is 5.85. The minimum absolute atomic E-state index is 0.0633. The summed E-state index contributed by atoms with van der Waals surface area (Å²) in [6.45, 7) is 0. The predicted molar refractivity (Wildman–Crippen MR) is 86.7 cm³/mol. The van der Waals surface area contributed by atoms with E-state index in [9.17, 15) is 13.5 Å². The van der Waals surface area contributed by atoms with Crippen LogP contribution in [0.25, 0.3) is 10.9 Å². The standard InChI is InChI=1S/C13H8ClN3O4S2/c14-10-5-7(1-4-12(10)18)15-16-13-9-6-8(23(19,20)21)2-3-11(9)17-22-13/h1-6,18H,(H,19,20,21). The van der Waals surface area contributed by atoms with Crippen molar-refractivity contribution < 1.29 is 18.1 Å². The van der Waals surface area contributed by atoms with Crippen LogP contribution in [0.3, 0.4) is 0 Å². The van der Waals surface area contributed by atoms with Crippen LogP contribution in [0.4, 0.5) is 10.7 Å². The van der Waals surface area contributed by atoms with Crippen molar-refractivity contribution in [3.63, 3.8) is 0 Å². The van der Waals surface area contributed by atoms with Gasteiger partial charge in [-0.1, -0.05) is 11.6 Å². The van der Waals surface area contributed by atoms with E-state index in [0.717, 1.165) is 11.5 Å². The first-order chi connectivity index (χ1) is 10.8. The van der Waals surface area contributed by atoms with Gasteiger partial charge in [0.05, 0.1) is 21.1 Å². The molecular formula is C13H8ClN3O4S2. The number of hydrogen-bond acceptors (Lipinski definition) is 7. The number of azo groups is 1. The molecule has 0 saturated carbocycles. The van der Waals surface area contributed by atoms with Gasteiger partial charge in [-0.05, 0) is 47.9 Å². The molecule has 1 heterocycles. The summed E-state index contributed by atoms with van der Waals surface area (Å²) >= 11 is 6.82. The zero-order valence-electron chi connectivity index (χ0n) is 11.2. The molecule has 1 aromatic heterocycles. The molecule has 3 rings (SSSR count). The number of aromatic nitrogens is 1. The first kappa shape index (κ1) is 15.8. The molecule has 2 N–H and O–H groups in total. The summed E-state index contributed by atoms with van der Waals surface area (Å²) in [6.07, 6.45) is 0. The summed E-state index contributed by atoms with van der Waals surface area (Å²) in [5.74, 6) is -0.0633. The molecule has 0 amide bonds. The Kier molecular flexibility index (Phi) is 4.02. The number of rotatable bonds is 3. The highest BCUT2D eigenvalue weighted by molar-refractivity contribution is 7.85. The Morgan fingerprint density at radius 1 is 1.13 bits per heavy atom. The van der Waals surface area contributed by atoms with Crippen LogP contribution < -0.4 is 0 Å². The molecule has 2 aromatic carbocycles. The van der Waals surface area contributed by atoms with Crippen molar-refractivity contribution >= 4 is 54.8 Å². The lowest BCUT2D eigenvalue weighted by molar-refractivity contribution is 0.475. The zero-order valence-corrected chi connectivity index (χ0v) is 13.6. The van der Waals surface area contributed by atoms with Crippen LogP contribution in [-0.2, 0) is 10.1 Å². The quantitative estimate of drug-likeness (QED) is 0.527. The number of aromatic hydroxyl groups is 1. The molecular weight excluding hydrogens is 362 g/mol. The third kappa shape index (κ3) is 3.32. The van der Waals surface area contributed by atoms with Crippen molar-refractivity contribution in [2.75, 3.05) is 0 Å². The first-order valence-electron chi connectivity index (χ1n) is 6.12. The van der Waals surface area contributed by atoms with Crippen LogP contribution in [0, 0.1) is 0 Å². The van der Waals surface area contributed by atoms with Gasteiger partial charge in [-0.25, -0.2) is 0 Å². The molecule has 0 unspecified atom stereocenters. The lowest BCUT2D eigenvalue weighted by atomic mass is 10.2. The van der Waals surface area contributed by atoms with E-state index < -0.39 is 10.1 Å². The largest absolute Gasteiger partial charge is 0.506 e. The maximum Gasteiger partial charge on any atom is 0.294 e. The fourth-order valence-corrected chi connectivity index (χ4v) is 3.17. The van der Waals surface area contributed by atoms with Gasteiger partial charge in [0.15, 0.2) is 5.00 Å². The van der Waals surface area contributed by atoms with Gasteiger partial charge in [0.2, 0.25) is 0 Å². The van der Waals surface area contributed by atoms with Crippen LogP contribution in [-0.4, -0.2) is 22.5 Å². The second-order valence-electron chi connectivity index (χ2n) is 4.48. The van der Waals surface area contributed by atoms with Gasteiger partial charge in [0.1, 0.15) is 5.75 Å². The fraction of sp³-hybridized carbons (Fsp3) is 0. The first-order valence-corrected chi connectivity index (χ1v) is 8.71. The Hall–Kier alpha value is -2.07. The fourth-order valence-electron chi connectivity index (χ4n) is 1.80. The van der Waals surface area contributed by atoms with Gasteiger partial charge in [0, 0.05) is 5.39 Å². The van der Waals surface area contributed by atoms with Crippen molar-refractivity contribution in [2.45, 2.75) is 4.90 Å². The van der Waals surface area contributed by atoms with Crippen LogP contribution in [0.5, 0.6) is 5.75 Å².